The topological polar surface area (TPSA) is 41.5 Å². The molecule has 2 atom stereocenters. The summed E-state index contributed by atoms with van der Waals surface area (Å²) >= 11 is 0. The van der Waals surface area contributed by atoms with Crippen LogP contribution in [0.15, 0.2) is 18.2 Å². The van der Waals surface area contributed by atoms with Crippen molar-refractivity contribution < 1.29 is 14.2 Å². The van der Waals surface area contributed by atoms with E-state index in [0.29, 0.717) is 17.7 Å². The second-order valence-corrected chi connectivity index (χ2v) is 6.92. The minimum Gasteiger partial charge on any atom is -0.487 e. The van der Waals surface area contributed by atoms with Crippen molar-refractivity contribution in [2.45, 2.75) is 57.2 Å². The van der Waals surface area contributed by atoms with Gasteiger partial charge in [0.05, 0.1) is 0 Å². The van der Waals surface area contributed by atoms with Crippen LogP contribution >= 0.6 is 0 Å². The number of fused-ring (bicyclic) bond motifs is 1. The molecule has 2 aliphatic rings. The first-order valence-corrected chi connectivity index (χ1v) is 7.84. The lowest BCUT2D eigenvalue weighted by atomic mass is 9.88. The molecule has 116 valence electrons. The molecule has 0 radical (unpaired) electrons. The maximum Gasteiger partial charge on any atom is 0.127 e. The van der Waals surface area contributed by atoms with Crippen LogP contribution in [-0.2, 0) is 0 Å². The molecule has 2 unspecified atom stereocenters. The molecule has 3 rings (SSSR count). The lowest BCUT2D eigenvalue weighted by Gasteiger charge is -2.39. The standard InChI is InChI=1S/C17H24FNO2/c1-17(2)10-15(19-14(7-8-20)11-3-4-11)13-6-5-12(18)9-16(13)21-17/h5-6,9,11,14-15,19-20H,3-4,7-8,10H2,1-2H3. The molecule has 0 saturated heterocycles. The van der Waals surface area contributed by atoms with Gasteiger partial charge in [-0.15, -0.1) is 0 Å². The Bertz CT molecular complexity index is 514. The lowest BCUT2D eigenvalue weighted by Crippen LogP contribution is -2.43. The number of hydrogen-bond donors (Lipinski definition) is 2. The Balaban J connectivity index is 1.84. The van der Waals surface area contributed by atoms with Crippen molar-refractivity contribution in [3.63, 3.8) is 0 Å². The van der Waals surface area contributed by atoms with Crippen LogP contribution in [0.5, 0.6) is 5.75 Å². The second kappa shape index (κ2) is 5.58. The molecule has 2 N–H and O–H groups in total. The molecule has 1 heterocycles. The van der Waals surface area contributed by atoms with Gasteiger partial charge in [0, 0.05) is 36.7 Å². The van der Waals surface area contributed by atoms with Crippen molar-refractivity contribution in [1.82, 2.24) is 5.32 Å². The summed E-state index contributed by atoms with van der Waals surface area (Å²) in [7, 11) is 0. The fourth-order valence-corrected chi connectivity index (χ4v) is 3.33. The molecule has 21 heavy (non-hydrogen) atoms. The summed E-state index contributed by atoms with van der Waals surface area (Å²) in [6, 6.07) is 5.28. The summed E-state index contributed by atoms with van der Waals surface area (Å²) in [5.74, 6) is 1.05. The number of rotatable bonds is 5. The highest BCUT2D eigenvalue weighted by Gasteiger charge is 2.38. The average Bonchev–Trinajstić information content (AvgIpc) is 3.20. The van der Waals surface area contributed by atoms with Gasteiger partial charge in [-0.3, -0.25) is 0 Å². The Morgan fingerprint density at radius 2 is 2.19 bits per heavy atom. The van der Waals surface area contributed by atoms with Gasteiger partial charge in [-0.05, 0) is 45.1 Å². The minimum atomic E-state index is -0.314. The molecular weight excluding hydrogens is 269 g/mol. The van der Waals surface area contributed by atoms with Gasteiger partial charge in [-0.2, -0.15) is 0 Å². The number of nitrogens with one attached hydrogen (secondary N) is 1. The second-order valence-electron chi connectivity index (χ2n) is 6.92. The summed E-state index contributed by atoms with van der Waals surface area (Å²) in [5, 5.41) is 13.0. The molecule has 1 saturated carbocycles. The van der Waals surface area contributed by atoms with Crippen LogP contribution in [0, 0.1) is 11.7 Å². The number of hydrogen-bond acceptors (Lipinski definition) is 3. The molecular formula is C17H24FNO2. The molecule has 1 fully saturated rings. The number of halogens is 1. The number of benzene rings is 1. The SMILES string of the molecule is CC1(C)CC(NC(CCO)C2CC2)c2ccc(F)cc2O1. The van der Waals surface area contributed by atoms with Crippen LogP contribution in [0.3, 0.4) is 0 Å². The maximum atomic E-state index is 13.5. The average molecular weight is 293 g/mol. The van der Waals surface area contributed by atoms with Gasteiger partial charge in [0.2, 0.25) is 0 Å². The van der Waals surface area contributed by atoms with Crippen molar-refractivity contribution in [3.05, 3.63) is 29.6 Å². The fourth-order valence-electron chi connectivity index (χ4n) is 3.33. The zero-order valence-corrected chi connectivity index (χ0v) is 12.7. The van der Waals surface area contributed by atoms with Gasteiger partial charge in [0.25, 0.3) is 0 Å². The molecule has 1 aromatic rings. The van der Waals surface area contributed by atoms with E-state index in [9.17, 15) is 9.50 Å². The number of ether oxygens (including phenoxy) is 1. The molecule has 3 nitrogen and oxygen atoms in total. The van der Waals surface area contributed by atoms with E-state index in [1.165, 1.54) is 25.0 Å². The van der Waals surface area contributed by atoms with Crippen LogP contribution in [0.25, 0.3) is 0 Å². The maximum absolute atomic E-state index is 13.5. The van der Waals surface area contributed by atoms with E-state index in [1.54, 1.807) is 0 Å². The highest BCUT2D eigenvalue weighted by Crippen LogP contribution is 2.42. The van der Waals surface area contributed by atoms with E-state index in [0.717, 1.165) is 18.4 Å². The third kappa shape index (κ3) is 3.38. The molecule has 0 spiro atoms. The summed E-state index contributed by atoms with van der Waals surface area (Å²) in [6.45, 7) is 4.28. The summed E-state index contributed by atoms with van der Waals surface area (Å²) in [6.07, 6.45) is 4.10. The first-order valence-electron chi connectivity index (χ1n) is 7.84. The normalized spacial score (nSPS) is 25.0. The zero-order chi connectivity index (χ0) is 15.0. The predicted molar refractivity (Wildman–Crippen MR) is 79.8 cm³/mol. The monoisotopic (exact) mass is 293 g/mol. The number of aliphatic hydroxyl groups is 1. The van der Waals surface area contributed by atoms with E-state index < -0.39 is 0 Å². The number of aliphatic hydroxyl groups excluding tert-OH is 1. The minimum absolute atomic E-state index is 0.154. The first-order chi connectivity index (χ1) is 9.98. The van der Waals surface area contributed by atoms with Crippen LogP contribution in [0.2, 0.25) is 0 Å². The van der Waals surface area contributed by atoms with E-state index in [2.05, 4.69) is 5.32 Å². The van der Waals surface area contributed by atoms with E-state index in [4.69, 9.17) is 4.74 Å². The van der Waals surface area contributed by atoms with E-state index >= 15 is 0 Å². The predicted octanol–water partition coefficient (Wildman–Crippen LogP) is 3.18. The van der Waals surface area contributed by atoms with Gasteiger partial charge >= 0.3 is 0 Å². The molecule has 4 heteroatoms. The van der Waals surface area contributed by atoms with Gasteiger partial charge < -0.3 is 15.2 Å². The van der Waals surface area contributed by atoms with Gasteiger partial charge in [-0.25, -0.2) is 4.39 Å². The third-order valence-electron chi connectivity index (χ3n) is 4.48. The summed E-state index contributed by atoms with van der Waals surface area (Å²) < 4.78 is 19.4. The molecule has 1 aliphatic carbocycles. The Labute approximate surface area is 125 Å². The van der Waals surface area contributed by atoms with E-state index in [1.807, 2.05) is 19.9 Å². The highest BCUT2D eigenvalue weighted by molar-refractivity contribution is 5.39. The Morgan fingerprint density at radius 3 is 2.86 bits per heavy atom. The van der Waals surface area contributed by atoms with Gasteiger partial charge in [-0.1, -0.05) is 6.07 Å². The van der Waals surface area contributed by atoms with Crippen LogP contribution in [0.4, 0.5) is 4.39 Å². The molecule has 0 aromatic heterocycles. The van der Waals surface area contributed by atoms with Crippen molar-refractivity contribution in [3.8, 4) is 5.75 Å². The zero-order valence-electron chi connectivity index (χ0n) is 12.7. The van der Waals surface area contributed by atoms with Crippen molar-refractivity contribution in [2.75, 3.05) is 6.61 Å². The summed E-state index contributed by atoms with van der Waals surface area (Å²) in [4.78, 5) is 0. The highest BCUT2D eigenvalue weighted by atomic mass is 19.1. The van der Waals surface area contributed by atoms with E-state index in [-0.39, 0.29) is 24.1 Å². The molecule has 0 bridgehead atoms. The molecule has 1 aromatic carbocycles. The van der Waals surface area contributed by atoms with Crippen LogP contribution < -0.4 is 10.1 Å². The largest absolute Gasteiger partial charge is 0.487 e. The van der Waals surface area contributed by atoms with Gasteiger partial charge in [0.15, 0.2) is 0 Å². The third-order valence-corrected chi connectivity index (χ3v) is 4.48. The quantitative estimate of drug-likeness (QED) is 0.876. The first kappa shape index (κ1) is 14.8. The Kier molecular flexibility index (Phi) is 3.93. The molecule has 1 aliphatic heterocycles. The van der Waals surface area contributed by atoms with Gasteiger partial charge in [0.1, 0.15) is 17.2 Å². The van der Waals surface area contributed by atoms with Crippen molar-refractivity contribution in [1.29, 1.82) is 0 Å². The Morgan fingerprint density at radius 1 is 1.43 bits per heavy atom. The van der Waals surface area contributed by atoms with Crippen LogP contribution in [0.1, 0.15) is 51.1 Å². The fraction of sp³-hybridized carbons (Fsp3) is 0.647. The smallest absolute Gasteiger partial charge is 0.127 e. The Hall–Kier alpha value is -1.13. The van der Waals surface area contributed by atoms with Crippen LogP contribution in [-0.4, -0.2) is 23.4 Å². The molecule has 0 amide bonds. The summed E-state index contributed by atoms with van der Waals surface area (Å²) in [5.41, 5.74) is 0.713. The van der Waals surface area contributed by atoms with Crippen molar-refractivity contribution in [2.24, 2.45) is 5.92 Å². The van der Waals surface area contributed by atoms with Crippen molar-refractivity contribution >= 4 is 0 Å². The lowest BCUT2D eigenvalue weighted by molar-refractivity contribution is 0.0615.